The van der Waals surface area contributed by atoms with Gasteiger partial charge in [-0.3, -0.25) is 4.79 Å². The molecule has 0 heterocycles. The highest BCUT2D eigenvalue weighted by atomic mass is 79.9. The van der Waals surface area contributed by atoms with E-state index in [4.69, 9.17) is 0 Å². The molecule has 0 spiro atoms. The number of carbonyl (C=O) groups excluding carboxylic acids is 2. The van der Waals surface area contributed by atoms with Crippen molar-refractivity contribution >= 4 is 33.6 Å². The zero-order chi connectivity index (χ0) is 14.3. The first-order valence-electron chi connectivity index (χ1n) is 6.04. The number of anilines is 1. The molecule has 19 heavy (non-hydrogen) atoms. The van der Waals surface area contributed by atoms with Crippen molar-refractivity contribution in [2.75, 3.05) is 18.4 Å². The maximum absolute atomic E-state index is 11.6. The molecule has 0 unspecified atom stereocenters. The van der Waals surface area contributed by atoms with Crippen LogP contribution in [0, 0.1) is 6.92 Å². The molecule has 0 bridgehead atoms. The van der Waals surface area contributed by atoms with Crippen molar-refractivity contribution in [2.45, 2.75) is 20.3 Å². The number of hydrogen-bond donors (Lipinski definition) is 3. The topological polar surface area (TPSA) is 70.2 Å². The van der Waals surface area contributed by atoms with Crippen LogP contribution in [0.1, 0.15) is 18.9 Å². The Bertz CT molecular complexity index is 463. The van der Waals surface area contributed by atoms with Crippen LogP contribution in [0.3, 0.4) is 0 Å². The summed E-state index contributed by atoms with van der Waals surface area (Å²) in [4.78, 5) is 22.2. The van der Waals surface area contributed by atoms with Gasteiger partial charge in [-0.1, -0.05) is 22.0 Å². The highest BCUT2D eigenvalue weighted by molar-refractivity contribution is 9.10. The van der Waals surface area contributed by atoms with Crippen molar-refractivity contribution in [3.63, 3.8) is 0 Å². The number of nitrogens with one attached hydrogen (secondary N) is 3. The van der Waals surface area contributed by atoms with E-state index in [0.717, 1.165) is 15.7 Å². The lowest BCUT2D eigenvalue weighted by Crippen LogP contribution is -2.31. The largest absolute Gasteiger partial charge is 0.356 e. The predicted molar refractivity (Wildman–Crippen MR) is 79.2 cm³/mol. The fraction of sp³-hybridized carbons (Fsp3) is 0.385. The molecule has 0 atom stereocenters. The number of rotatable bonds is 5. The molecule has 1 aromatic rings. The third-order valence-electron chi connectivity index (χ3n) is 2.44. The maximum atomic E-state index is 11.6. The molecular formula is C13H18BrN3O2. The van der Waals surface area contributed by atoms with Gasteiger partial charge in [-0.15, -0.1) is 0 Å². The molecule has 6 heteroatoms. The average Bonchev–Trinajstić information content (AvgIpc) is 2.33. The number of urea groups is 1. The minimum atomic E-state index is -0.251. The van der Waals surface area contributed by atoms with Gasteiger partial charge in [0.1, 0.15) is 0 Å². The first-order chi connectivity index (χ1) is 8.99. The van der Waals surface area contributed by atoms with Crippen LogP contribution in [0.2, 0.25) is 0 Å². The standard InChI is InChI=1S/C13H18BrN3O2/c1-9-4-5-11(8-12(9)14)17-13(19)16-7-3-6-15-10(2)18/h4-5,8H,3,6-7H2,1-2H3,(H,15,18)(H2,16,17,19). The van der Waals surface area contributed by atoms with Crippen molar-refractivity contribution in [3.8, 4) is 0 Å². The van der Waals surface area contributed by atoms with Crippen LogP contribution >= 0.6 is 15.9 Å². The Morgan fingerprint density at radius 1 is 1.21 bits per heavy atom. The van der Waals surface area contributed by atoms with Gasteiger partial charge in [0.25, 0.3) is 0 Å². The lowest BCUT2D eigenvalue weighted by atomic mass is 10.2. The van der Waals surface area contributed by atoms with Crippen molar-refractivity contribution in [1.82, 2.24) is 10.6 Å². The van der Waals surface area contributed by atoms with Gasteiger partial charge in [0.15, 0.2) is 0 Å². The fourth-order valence-electron chi connectivity index (χ4n) is 1.40. The molecule has 0 aliphatic heterocycles. The third kappa shape index (κ3) is 6.24. The van der Waals surface area contributed by atoms with Crippen molar-refractivity contribution < 1.29 is 9.59 Å². The Kier molecular flexibility index (Phi) is 6.35. The van der Waals surface area contributed by atoms with Gasteiger partial charge in [-0.05, 0) is 31.0 Å². The van der Waals surface area contributed by atoms with Crippen molar-refractivity contribution in [2.24, 2.45) is 0 Å². The van der Waals surface area contributed by atoms with Crippen molar-refractivity contribution in [1.29, 1.82) is 0 Å². The van der Waals surface area contributed by atoms with Crippen LogP contribution in [-0.4, -0.2) is 25.0 Å². The number of amides is 3. The molecule has 1 aromatic carbocycles. The summed E-state index contributed by atoms with van der Waals surface area (Å²) in [6, 6.07) is 5.37. The summed E-state index contributed by atoms with van der Waals surface area (Å²) < 4.78 is 0.955. The number of halogens is 1. The van der Waals surface area contributed by atoms with Gasteiger partial charge in [-0.2, -0.15) is 0 Å². The van der Waals surface area contributed by atoms with Crippen LogP contribution in [0.4, 0.5) is 10.5 Å². The summed E-state index contributed by atoms with van der Waals surface area (Å²) in [5.41, 5.74) is 1.85. The lowest BCUT2D eigenvalue weighted by Gasteiger charge is -2.09. The first kappa shape index (κ1) is 15.5. The Balaban J connectivity index is 2.27. The molecule has 0 aliphatic rings. The Morgan fingerprint density at radius 2 is 1.89 bits per heavy atom. The maximum Gasteiger partial charge on any atom is 0.319 e. The second kappa shape index (κ2) is 7.78. The zero-order valence-electron chi connectivity index (χ0n) is 11.0. The Labute approximate surface area is 121 Å². The van der Waals surface area contributed by atoms with E-state index in [9.17, 15) is 9.59 Å². The molecule has 0 fully saturated rings. The first-order valence-corrected chi connectivity index (χ1v) is 6.84. The molecular weight excluding hydrogens is 310 g/mol. The summed E-state index contributed by atoms with van der Waals surface area (Å²) in [5.74, 6) is -0.0612. The van der Waals surface area contributed by atoms with Crippen LogP contribution in [-0.2, 0) is 4.79 Å². The number of hydrogen-bond acceptors (Lipinski definition) is 2. The molecule has 104 valence electrons. The van der Waals surface area contributed by atoms with E-state index in [1.165, 1.54) is 6.92 Å². The Morgan fingerprint density at radius 3 is 2.53 bits per heavy atom. The van der Waals surface area contributed by atoms with E-state index >= 15 is 0 Å². The van der Waals surface area contributed by atoms with E-state index in [1.54, 1.807) is 0 Å². The summed E-state index contributed by atoms with van der Waals surface area (Å²) in [6.07, 6.45) is 0.699. The van der Waals surface area contributed by atoms with Gasteiger partial charge in [0.2, 0.25) is 5.91 Å². The lowest BCUT2D eigenvalue weighted by molar-refractivity contribution is -0.118. The monoisotopic (exact) mass is 327 g/mol. The number of carbonyl (C=O) groups is 2. The zero-order valence-corrected chi connectivity index (χ0v) is 12.6. The number of benzene rings is 1. The fourth-order valence-corrected chi connectivity index (χ4v) is 1.78. The van der Waals surface area contributed by atoms with Gasteiger partial charge in [0.05, 0.1) is 0 Å². The molecule has 0 saturated heterocycles. The van der Waals surface area contributed by atoms with Gasteiger partial charge in [0, 0.05) is 30.2 Å². The summed E-state index contributed by atoms with van der Waals surface area (Å²) in [7, 11) is 0. The summed E-state index contributed by atoms with van der Waals surface area (Å²) in [5, 5.41) is 8.13. The molecule has 1 rings (SSSR count). The number of aryl methyl sites for hydroxylation is 1. The molecule has 3 amide bonds. The van der Waals surface area contributed by atoms with Gasteiger partial charge in [-0.25, -0.2) is 4.79 Å². The van der Waals surface area contributed by atoms with E-state index in [2.05, 4.69) is 31.9 Å². The van der Waals surface area contributed by atoms with Crippen LogP contribution in [0.25, 0.3) is 0 Å². The summed E-state index contributed by atoms with van der Waals surface area (Å²) >= 11 is 3.41. The normalized spacial score (nSPS) is 9.84. The molecule has 0 saturated carbocycles. The Hall–Kier alpha value is -1.56. The molecule has 3 N–H and O–H groups in total. The predicted octanol–water partition coefficient (Wildman–Crippen LogP) is 2.41. The SMILES string of the molecule is CC(=O)NCCCNC(=O)Nc1ccc(C)c(Br)c1. The summed E-state index contributed by atoms with van der Waals surface area (Å²) in [6.45, 7) is 4.52. The van der Waals surface area contributed by atoms with Crippen LogP contribution in [0.15, 0.2) is 22.7 Å². The highest BCUT2D eigenvalue weighted by Gasteiger charge is 2.02. The molecule has 0 aliphatic carbocycles. The third-order valence-corrected chi connectivity index (χ3v) is 3.30. The van der Waals surface area contributed by atoms with E-state index in [-0.39, 0.29) is 11.9 Å². The smallest absolute Gasteiger partial charge is 0.319 e. The van der Waals surface area contributed by atoms with E-state index in [0.29, 0.717) is 19.5 Å². The van der Waals surface area contributed by atoms with Crippen molar-refractivity contribution in [3.05, 3.63) is 28.2 Å². The molecule has 5 nitrogen and oxygen atoms in total. The van der Waals surface area contributed by atoms with E-state index in [1.807, 2.05) is 25.1 Å². The van der Waals surface area contributed by atoms with Crippen LogP contribution in [0.5, 0.6) is 0 Å². The van der Waals surface area contributed by atoms with Gasteiger partial charge >= 0.3 is 6.03 Å². The molecule has 0 radical (unpaired) electrons. The molecule has 0 aromatic heterocycles. The minimum Gasteiger partial charge on any atom is -0.356 e. The van der Waals surface area contributed by atoms with Gasteiger partial charge < -0.3 is 16.0 Å². The second-order valence-corrected chi connectivity index (χ2v) is 5.04. The van der Waals surface area contributed by atoms with Crippen LogP contribution < -0.4 is 16.0 Å². The van der Waals surface area contributed by atoms with E-state index < -0.39 is 0 Å². The quantitative estimate of drug-likeness (QED) is 0.727. The highest BCUT2D eigenvalue weighted by Crippen LogP contribution is 2.20. The second-order valence-electron chi connectivity index (χ2n) is 4.18. The minimum absolute atomic E-state index is 0.0612. The average molecular weight is 328 g/mol.